The van der Waals surface area contributed by atoms with Crippen molar-refractivity contribution < 1.29 is 9.47 Å². The predicted octanol–water partition coefficient (Wildman–Crippen LogP) is 4.61. The predicted molar refractivity (Wildman–Crippen MR) is 100 cm³/mol. The molecule has 1 fully saturated rings. The highest BCUT2D eigenvalue weighted by Crippen LogP contribution is 2.19. The number of halogens is 2. The molecule has 2 aromatic carbocycles. The van der Waals surface area contributed by atoms with Crippen LogP contribution in [0.5, 0.6) is 5.75 Å². The monoisotopic (exact) mass is 367 g/mol. The van der Waals surface area contributed by atoms with Crippen LogP contribution in [-0.2, 0) is 17.9 Å². The molecule has 0 amide bonds. The van der Waals surface area contributed by atoms with Crippen molar-refractivity contribution in [1.82, 2.24) is 5.32 Å². The lowest BCUT2D eigenvalue weighted by Gasteiger charge is -2.12. The van der Waals surface area contributed by atoms with Crippen LogP contribution in [0.25, 0.3) is 0 Å². The van der Waals surface area contributed by atoms with Gasteiger partial charge in [-0.3, -0.25) is 0 Å². The fourth-order valence-electron chi connectivity index (χ4n) is 2.70. The van der Waals surface area contributed by atoms with Gasteiger partial charge in [0.1, 0.15) is 12.4 Å². The minimum Gasteiger partial charge on any atom is -0.489 e. The molecule has 0 saturated carbocycles. The maximum Gasteiger partial charge on any atom is 0.120 e. The molecular weight excluding hydrogens is 345 g/mol. The number of benzene rings is 2. The number of hydrogen-bond donors (Lipinski definition) is 1. The molecule has 0 aliphatic carbocycles. The first-order valence-electron chi connectivity index (χ1n) is 8.09. The fourth-order valence-corrected chi connectivity index (χ4v) is 2.89. The second-order valence-corrected chi connectivity index (χ2v) is 6.20. The van der Waals surface area contributed by atoms with Gasteiger partial charge in [0.05, 0.1) is 6.10 Å². The van der Waals surface area contributed by atoms with E-state index < -0.39 is 0 Å². The van der Waals surface area contributed by atoms with E-state index in [-0.39, 0.29) is 12.4 Å². The second kappa shape index (κ2) is 9.90. The zero-order valence-electron chi connectivity index (χ0n) is 13.5. The van der Waals surface area contributed by atoms with Crippen molar-refractivity contribution in [2.24, 2.45) is 0 Å². The van der Waals surface area contributed by atoms with E-state index in [9.17, 15) is 0 Å². The second-order valence-electron chi connectivity index (χ2n) is 5.79. The summed E-state index contributed by atoms with van der Waals surface area (Å²) in [5, 5.41) is 4.19. The molecule has 0 bridgehead atoms. The summed E-state index contributed by atoms with van der Waals surface area (Å²) < 4.78 is 11.5. The van der Waals surface area contributed by atoms with Crippen LogP contribution in [0, 0.1) is 0 Å². The van der Waals surface area contributed by atoms with Gasteiger partial charge in [0.15, 0.2) is 0 Å². The van der Waals surface area contributed by atoms with Gasteiger partial charge >= 0.3 is 0 Å². The lowest BCUT2D eigenvalue weighted by molar-refractivity contribution is 0.110. The summed E-state index contributed by atoms with van der Waals surface area (Å²) in [6.45, 7) is 3.11. The average Bonchev–Trinajstić information content (AvgIpc) is 3.08. The van der Waals surface area contributed by atoms with E-state index in [4.69, 9.17) is 21.1 Å². The Morgan fingerprint density at radius 2 is 2.04 bits per heavy atom. The summed E-state index contributed by atoms with van der Waals surface area (Å²) in [7, 11) is 0. The van der Waals surface area contributed by atoms with Crippen molar-refractivity contribution in [3.8, 4) is 5.75 Å². The summed E-state index contributed by atoms with van der Waals surface area (Å²) in [5.74, 6) is 0.862. The number of ether oxygens (including phenoxy) is 2. The van der Waals surface area contributed by atoms with Gasteiger partial charge < -0.3 is 14.8 Å². The van der Waals surface area contributed by atoms with E-state index in [1.165, 1.54) is 12.0 Å². The lowest BCUT2D eigenvalue weighted by atomic mass is 10.2. The molecule has 1 saturated heterocycles. The van der Waals surface area contributed by atoms with E-state index in [1.54, 1.807) is 0 Å². The molecule has 5 heteroatoms. The smallest absolute Gasteiger partial charge is 0.120 e. The molecule has 1 unspecified atom stereocenters. The third-order valence-electron chi connectivity index (χ3n) is 3.98. The largest absolute Gasteiger partial charge is 0.489 e. The molecule has 1 aliphatic heterocycles. The molecule has 130 valence electrons. The Kier molecular flexibility index (Phi) is 7.86. The lowest BCUT2D eigenvalue weighted by Crippen LogP contribution is -2.25. The molecule has 1 aliphatic rings. The van der Waals surface area contributed by atoms with Gasteiger partial charge in [-0.25, -0.2) is 0 Å². The van der Waals surface area contributed by atoms with Gasteiger partial charge in [0.2, 0.25) is 0 Å². The minimum atomic E-state index is 0. The van der Waals surface area contributed by atoms with Gasteiger partial charge in [0.25, 0.3) is 0 Å². The Balaban J connectivity index is 0.00000208. The van der Waals surface area contributed by atoms with Gasteiger partial charge in [-0.1, -0.05) is 41.9 Å². The fraction of sp³-hybridized carbons (Fsp3) is 0.368. The molecule has 24 heavy (non-hydrogen) atoms. The molecule has 1 atom stereocenters. The van der Waals surface area contributed by atoms with E-state index >= 15 is 0 Å². The first-order chi connectivity index (χ1) is 11.3. The Hall–Kier alpha value is -1.26. The van der Waals surface area contributed by atoms with Crippen LogP contribution >= 0.6 is 24.0 Å². The molecule has 0 spiro atoms. The van der Waals surface area contributed by atoms with Crippen LogP contribution in [-0.4, -0.2) is 19.3 Å². The van der Waals surface area contributed by atoms with Crippen LogP contribution in [0.3, 0.4) is 0 Å². The zero-order valence-corrected chi connectivity index (χ0v) is 15.1. The molecule has 3 rings (SSSR count). The standard InChI is InChI=1S/C19H22ClNO2.ClH/c20-19-9-2-1-6-16(19)14-23-17-7-3-5-15(11-17)12-21-13-18-8-4-10-22-18;/h1-3,5-7,9,11,18,21H,4,8,10,12-14H2;1H. The van der Waals surface area contributed by atoms with E-state index in [0.717, 1.165) is 42.5 Å². The Morgan fingerprint density at radius 1 is 1.17 bits per heavy atom. The summed E-state index contributed by atoms with van der Waals surface area (Å²) in [6, 6.07) is 15.9. The Bertz CT molecular complexity index is 630. The van der Waals surface area contributed by atoms with E-state index in [0.29, 0.717) is 12.7 Å². The molecule has 2 aromatic rings. The zero-order chi connectivity index (χ0) is 15.9. The summed E-state index contributed by atoms with van der Waals surface area (Å²) in [4.78, 5) is 0. The van der Waals surface area contributed by atoms with Gasteiger partial charge in [-0.15, -0.1) is 12.4 Å². The number of nitrogens with one attached hydrogen (secondary N) is 1. The first-order valence-corrected chi connectivity index (χ1v) is 8.46. The van der Waals surface area contributed by atoms with E-state index in [1.807, 2.05) is 36.4 Å². The average molecular weight is 368 g/mol. The molecule has 3 nitrogen and oxygen atoms in total. The topological polar surface area (TPSA) is 30.5 Å². The van der Waals surface area contributed by atoms with Crippen molar-refractivity contribution in [2.45, 2.75) is 32.1 Å². The molecule has 0 radical (unpaired) electrons. The third kappa shape index (κ3) is 5.67. The van der Waals surface area contributed by atoms with Crippen molar-refractivity contribution in [2.75, 3.05) is 13.2 Å². The highest BCUT2D eigenvalue weighted by atomic mass is 35.5. The number of hydrogen-bond acceptors (Lipinski definition) is 3. The molecule has 1 heterocycles. The highest BCUT2D eigenvalue weighted by Gasteiger charge is 2.14. The van der Waals surface area contributed by atoms with Crippen LogP contribution in [0.2, 0.25) is 5.02 Å². The first kappa shape index (κ1) is 19.1. The highest BCUT2D eigenvalue weighted by molar-refractivity contribution is 6.31. The van der Waals surface area contributed by atoms with Gasteiger partial charge in [0, 0.05) is 30.3 Å². The maximum atomic E-state index is 6.15. The van der Waals surface area contributed by atoms with E-state index in [2.05, 4.69) is 17.4 Å². The van der Waals surface area contributed by atoms with Gasteiger partial charge in [-0.05, 0) is 36.6 Å². The molecule has 1 N–H and O–H groups in total. The van der Waals surface area contributed by atoms with Crippen LogP contribution in [0.1, 0.15) is 24.0 Å². The van der Waals surface area contributed by atoms with Crippen molar-refractivity contribution in [1.29, 1.82) is 0 Å². The maximum absolute atomic E-state index is 6.15. The quantitative estimate of drug-likeness (QED) is 0.774. The van der Waals surface area contributed by atoms with Crippen LogP contribution in [0.15, 0.2) is 48.5 Å². The minimum absolute atomic E-state index is 0. The Labute approximate surface area is 154 Å². The normalized spacial score (nSPS) is 16.6. The third-order valence-corrected chi connectivity index (χ3v) is 4.34. The summed E-state index contributed by atoms with van der Waals surface area (Å²) in [6.07, 6.45) is 2.71. The van der Waals surface area contributed by atoms with Gasteiger partial charge in [-0.2, -0.15) is 0 Å². The Morgan fingerprint density at radius 3 is 2.83 bits per heavy atom. The summed E-state index contributed by atoms with van der Waals surface area (Å²) in [5.41, 5.74) is 2.20. The van der Waals surface area contributed by atoms with Crippen molar-refractivity contribution in [3.05, 3.63) is 64.7 Å². The SMILES string of the molecule is Cl.Clc1ccccc1COc1cccc(CNCC2CCCO2)c1. The van der Waals surface area contributed by atoms with Crippen LogP contribution in [0.4, 0.5) is 0 Å². The molecule has 0 aromatic heterocycles. The number of rotatable bonds is 7. The van der Waals surface area contributed by atoms with Crippen LogP contribution < -0.4 is 10.1 Å². The van der Waals surface area contributed by atoms with Crippen molar-refractivity contribution >= 4 is 24.0 Å². The van der Waals surface area contributed by atoms with Crippen molar-refractivity contribution in [3.63, 3.8) is 0 Å². The summed E-state index contributed by atoms with van der Waals surface area (Å²) >= 11 is 6.15. The molecular formula is C19H23Cl2NO2.